The molecule has 1 atom stereocenters. The summed E-state index contributed by atoms with van der Waals surface area (Å²) in [4.78, 5) is 18.4. The molecule has 3 rings (SSSR count). The number of piperidine rings is 1. The van der Waals surface area contributed by atoms with Gasteiger partial charge >= 0.3 is 0 Å². The van der Waals surface area contributed by atoms with Gasteiger partial charge in [0, 0.05) is 13.1 Å². The number of hydrogen-bond acceptors (Lipinski definition) is 5. The highest BCUT2D eigenvalue weighted by Gasteiger charge is 2.28. The summed E-state index contributed by atoms with van der Waals surface area (Å²) in [6.07, 6.45) is 5.52. The molecule has 6 nitrogen and oxygen atoms in total. The number of amides is 1. The lowest BCUT2D eigenvalue weighted by Gasteiger charge is -2.31. The van der Waals surface area contributed by atoms with Gasteiger partial charge in [-0.25, -0.2) is 0 Å². The molecule has 0 radical (unpaired) electrons. The molecular formula is C14H17N3O3. The molecule has 0 bridgehead atoms. The molecule has 3 heterocycles. The summed E-state index contributed by atoms with van der Waals surface area (Å²) in [6, 6.07) is 1.82. The Bertz CT molecular complexity index is 576. The van der Waals surface area contributed by atoms with Crippen LogP contribution < -0.4 is 0 Å². The zero-order chi connectivity index (χ0) is 13.9. The van der Waals surface area contributed by atoms with Crippen LogP contribution >= 0.6 is 0 Å². The number of aryl methyl sites for hydroxylation is 1. The van der Waals surface area contributed by atoms with Gasteiger partial charge in [-0.15, -0.1) is 0 Å². The van der Waals surface area contributed by atoms with E-state index in [0.29, 0.717) is 24.7 Å². The Morgan fingerprint density at radius 3 is 3.15 bits per heavy atom. The third-order valence-electron chi connectivity index (χ3n) is 3.60. The van der Waals surface area contributed by atoms with Crippen LogP contribution in [-0.4, -0.2) is 34.0 Å². The minimum atomic E-state index is 0.118. The minimum Gasteiger partial charge on any atom is -0.472 e. The Labute approximate surface area is 116 Å². The average molecular weight is 275 g/mol. The van der Waals surface area contributed by atoms with E-state index < -0.39 is 0 Å². The van der Waals surface area contributed by atoms with Gasteiger partial charge in [-0.3, -0.25) is 4.79 Å². The second-order valence-corrected chi connectivity index (χ2v) is 5.17. The van der Waals surface area contributed by atoms with Crippen molar-refractivity contribution in [1.82, 2.24) is 15.0 Å². The van der Waals surface area contributed by atoms with E-state index >= 15 is 0 Å². The first kappa shape index (κ1) is 12.9. The molecule has 1 aliphatic rings. The minimum absolute atomic E-state index is 0.118. The first-order valence-electron chi connectivity index (χ1n) is 6.81. The van der Waals surface area contributed by atoms with Crippen molar-refractivity contribution in [3.8, 4) is 0 Å². The van der Waals surface area contributed by atoms with Gasteiger partial charge in [0.15, 0.2) is 5.82 Å². The van der Waals surface area contributed by atoms with Crippen molar-refractivity contribution >= 4 is 5.91 Å². The number of furan rings is 1. The molecule has 1 fully saturated rings. The van der Waals surface area contributed by atoms with Crippen molar-refractivity contribution in [3.63, 3.8) is 0 Å². The van der Waals surface area contributed by atoms with Crippen molar-refractivity contribution in [2.75, 3.05) is 13.1 Å². The van der Waals surface area contributed by atoms with E-state index in [9.17, 15) is 4.79 Å². The maximum atomic E-state index is 12.3. The smallest absolute Gasteiger partial charge is 0.231 e. The van der Waals surface area contributed by atoms with Gasteiger partial charge in [0.1, 0.15) is 0 Å². The molecule has 0 spiro atoms. The van der Waals surface area contributed by atoms with E-state index in [0.717, 1.165) is 24.9 Å². The number of likely N-dealkylation sites (tertiary alicyclic amines) is 1. The average Bonchev–Trinajstić information content (AvgIpc) is 3.10. The summed E-state index contributed by atoms with van der Waals surface area (Å²) in [7, 11) is 0. The van der Waals surface area contributed by atoms with Crippen molar-refractivity contribution in [3.05, 3.63) is 35.9 Å². The number of aromatic nitrogens is 2. The van der Waals surface area contributed by atoms with E-state index in [1.807, 2.05) is 11.0 Å². The largest absolute Gasteiger partial charge is 0.472 e. The molecule has 1 unspecified atom stereocenters. The molecule has 0 aliphatic carbocycles. The summed E-state index contributed by atoms with van der Waals surface area (Å²) >= 11 is 0. The Balaban J connectivity index is 1.64. The first-order valence-corrected chi connectivity index (χ1v) is 6.81. The van der Waals surface area contributed by atoms with Crippen LogP contribution in [0.5, 0.6) is 0 Å². The highest BCUT2D eigenvalue weighted by atomic mass is 16.5. The molecule has 0 saturated carbocycles. The van der Waals surface area contributed by atoms with E-state index in [2.05, 4.69) is 10.1 Å². The zero-order valence-corrected chi connectivity index (χ0v) is 11.4. The number of carbonyl (C=O) groups excluding carboxylic acids is 1. The van der Waals surface area contributed by atoms with Crippen LogP contribution in [0.4, 0.5) is 0 Å². The van der Waals surface area contributed by atoms with E-state index in [1.54, 1.807) is 19.5 Å². The summed E-state index contributed by atoms with van der Waals surface area (Å²) in [6.45, 7) is 3.25. The van der Waals surface area contributed by atoms with Crippen LogP contribution in [0.25, 0.3) is 0 Å². The van der Waals surface area contributed by atoms with Crippen molar-refractivity contribution in [2.24, 2.45) is 0 Å². The topological polar surface area (TPSA) is 72.4 Å². The molecule has 1 aliphatic heterocycles. The SMILES string of the molecule is Cc1noc(C2CCCN(C(=O)Cc3ccoc3)C2)n1. The summed E-state index contributed by atoms with van der Waals surface area (Å²) in [5.74, 6) is 1.55. The fourth-order valence-electron chi connectivity index (χ4n) is 2.56. The third kappa shape index (κ3) is 2.74. The van der Waals surface area contributed by atoms with Crippen molar-refractivity contribution in [2.45, 2.75) is 32.1 Å². The van der Waals surface area contributed by atoms with E-state index in [-0.39, 0.29) is 11.8 Å². The molecule has 20 heavy (non-hydrogen) atoms. The number of hydrogen-bond donors (Lipinski definition) is 0. The van der Waals surface area contributed by atoms with Gasteiger partial charge in [-0.2, -0.15) is 4.98 Å². The third-order valence-corrected chi connectivity index (χ3v) is 3.60. The van der Waals surface area contributed by atoms with Gasteiger partial charge < -0.3 is 13.8 Å². The normalized spacial score (nSPS) is 19.2. The van der Waals surface area contributed by atoms with Crippen LogP contribution in [0.3, 0.4) is 0 Å². The maximum absolute atomic E-state index is 12.3. The summed E-state index contributed by atoms with van der Waals surface area (Å²) in [5.41, 5.74) is 0.908. The fourth-order valence-corrected chi connectivity index (χ4v) is 2.56. The van der Waals surface area contributed by atoms with Crippen LogP contribution in [-0.2, 0) is 11.2 Å². The van der Waals surface area contributed by atoms with Crippen molar-refractivity contribution < 1.29 is 13.7 Å². The predicted octanol–water partition coefficient (Wildman–Crippen LogP) is 1.92. The van der Waals surface area contributed by atoms with Gasteiger partial charge in [0.25, 0.3) is 0 Å². The molecule has 1 saturated heterocycles. The second kappa shape index (κ2) is 5.48. The lowest BCUT2D eigenvalue weighted by molar-refractivity contribution is -0.131. The second-order valence-electron chi connectivity index (χ2n) is 5.17. The molecule has 0 N–H and O–H groups in total. The van der Waals surface area contributed by atoms with Gasteiger partial charge in [0.2, 0.25) is 11.8 Å². The van der Waals surface area contributed by atoms with Gasteiger partial charge in [-0.1, -0.05) is 5.16 Å². The van der Waals surface area contributed by atoms with Gasteiger partial charge in [0.05, 0.1) is 24.9 Å². The molecule has 0 aromatic carbocycles. The molecule has 1 amide bonds. The molecule has 106 valence electrons. The van der Waals surface area contributed by atoms with E-state index in [4.69, 9.17) is 8.94 Å². The molecule has 2 aromatic rings. The summed E-state index contributed by atoms with van der Waals surface area (Å²) < 4.78 is 10.2. The Hall–Kier alpha value is -2.11. The van der Waals surface area contributed by atoms with Crippen LogP contribution in [0.15, 0.2) is 27.5 Å². The predicted molar refractivity (Wildman–Crippen MR) is 70.0 cm³/mol. The first-order chi connectivity index (χ1) is 9.72. The number of carbonyl (C=O) groups is 1. The summed E-state index contributed by atoms with van der Waals surface area (Å²) in [5, 5.41) is 3.82. The Kier molecular flexibility index (Phi) is 3.54. The number of nitrogens with zero attached hydrogens (tertiary/aromatic N) is 3. The quantitative estimate of drug-likeness (QED) is 0.855. The molecule has 6 heteroatoms. The molecular weight excluding hydrogens is 258 g/mol. The Morgan fingerprint density at radius 2 is 2.45 bits per heavy atom. The van der Waals surface area contributed by atoms with Crippen LogP contribution in [0, 0.1) is 6.92 Å². The lowest BCUT2D eigenvalue weighted by atomic mass is 9.97. The van der Waals surface area contributed by atoms with Gasteiger partial charge in [-0.05, 0) is 31.4 Å². The highest BCUT2D eigenvalue weighted by molar-refractivity contribution is 5.78. The Morgan fingerprint density at radius 1 is 1.55 bits per heavy atom. The van der Waals surface area contributed by atoms with Crippen molar-refractivity contribution in [1.29, 1.82) is 0 Å². The lowest BCUT2D eigenvalue weighted by Crippen LogP contribution is -2.40. The van der Waals surface area contributed by atoms with E-state index in [1.165, 1.54) is 0 Å². The van der Waals surface area contributed by atoms with Crippen LogP contribution in [0.2, 0.25) is 0 Å². The standard InChI is InChI=1S/C14H17N3O3/c1-10-15-14(20-16-10)12-3-2-5-17(8-12)13(18)7-11-4-6-19-9-11/h4,6,9,12H,2-3,5,7-8H2,1H3. The monoisotopic (exact) mass is 275 g/mol. The maximum Gasteiger partial charge on any atom is 0.231 e. The highest BCUT2D eigenvalue weighted by Crippen LogP contribution is 2.26. The fraction of sp³-hybridized carbons (Fsp3) is 0.500. The molecule has 2 aromatic heterocycles. The number of rotatable bonds is 3. The zero-order valence-electron chi connectivity index (χ0n) is 11.4. The van der Waals surface area contributed by atoms with Crippen LogP contribution in [0.1, 0.15) is 36.0 Å².